The third-order valence-corrected chi connectivity index (χ3v) is 4.00. The summed E-state index contributed by atoms with van der Waals surface area (Å²) in [6.07, 6.45) is 0.0381. The fourth-order valence-corrected chi connectivity index (χ4v) is 2.85. The average molecular weight is 301 g/mol. The fourth-order valence-electron chi connectivity index (χ4n) is 2.20. The number of hydrogen-bond acceptors (Lipinski definition) is 4. The maximum absolute atomic E-state index is 12.3. The van der Waals surface area contributed by atoms with Crippen molar-refractivity contribution >= 4 is 28.8 Å². The van der Waals surface area contributed by atoms with Crippen molar-refractivity contribution < 1.29 is 9.63 Å². The summed E-state index contributed by atoms with van der Waals surface area (Å²) < 4.78 is 0. The average Bonchev–Trinajstić information content (AvgIpc) is 3.16. The van der Waals surface area contributed by atoms with E-state index in [1.807, 2.05) is 47.2 Å². The van der Waals surface area contributed by atoms with Gasteiger partial charge in [-0.25, -0.2) is 0 Å². The third kappa shape index (κ3) is 2.90. The number of hydrogen-bond donors (Lipinski definition) is 1. The summed E-state index contributed by atoms with van der Waals surface area (Å²) in [6.45, 7) is 0.626. The van der Waals surface area contributed by atoms with Gasteiger partial charge >= 0.3 is 0 Å². The van der Waals surface area contributed by atoms with Crippen molar-refractivity contribution in [2.24, 2.45) is 10.9 Å². The molecule has 0 bridgehead atoms. The van der Waals surface area contributed by atoms with Crippen molar-refractivity contribution in [3.8, 4) is 0 Å². The SMILES string of the molecule is N/C(=N\O[C@@H]1CCN(c2ccccc2)C1=O)c1ccsc1. The second-order valence-corrected chi connectivity index (χ2v) is 5.48. The Morgan fingerprint density at radius 2 is 2.14 bits per heavy atom. The monoisotopic (exact) mass is 301 g/mol. The Morgan fingerprint density at radius 1 is 1.33 bits per heavy atom. The van der Waals surface area contributed by atoms with E-state index in [0.717, 1.165) is 11.3 Å². The van der Waals surface area contributed by atoms with Gasteiger partial charge in [-0.15, -0.1) is 0 Å². The summed E-state index contributed by atoms with van der Waals surface area (Å²) in [6, 6.07) is 11.4. The quantitative estimate of drug-likeness (QED) is 0.535. The first-order chi connectivity index (χ1) is 10.3. The molecule has 1 aromatic heterocycles. The van der Waals surface area contributed by atoms with Crippen molar-refractivity contribution in [2.45, 2.75) is 12.5 Å². The van der Waals surface area contributed by atoms with Gasteiger partial charge in [0.15, 0.2) is 5.84 Å². The number of rotatable bonds is 4. The van der Waals surface area contributed by atoms with Crippen molar-refractivity contribution in [3.05, 3.63) is 52.7 Å². The number of carbonyl (C=O) groups excluding carboxylic acids is 1. The van der Waals surface area contributed by atoms with Crippen LogP contribution in [0.1, 0.15) is 12.0 Å². The van der Waals surface area contributed by atoms with Crippen LogP contribution in [-0.4, -0.2) is 24.4 Å². The van der Waals surface area contributed by atoms with Crippen LogP contribution in [0.2, 0.25) is 0 Å². The molecule has 0 radical (unpaired) electrons. The molecule has 0 unspecified atom stereocenters. The molecule has 0 spiro atoms. The first kappa shape index (κ1) is 13.6. The maximum atomic E-state index is 12.3. The van der Waals surface area contributed by atoms with E-state index in [9.17, 15) is 4.79 Å². The summed E-state index contributed by atoms with van der Waals surface area (Å²) >= 11 is 1.53. The number of amidine groups is 1. The van der Waals surface area contributed by atoms with Crippen LogP contribution in [0, 0.1) is 0 Å². The van der Waals surface area contributed by atoms with E-state index >= 15 is 0 Å². The Kier molecular flexibility index (Phi) is 3.87. The van der Waals surface area contributed by atoms with E-state index in [4.69, 9.17) is 10.6 Å². The Labute approximate surface area is 126 Å². The molecule has 1 aliphatic heterocycles. The third-order valence-electron chi connectivity index (χ3n) is 3.32. The molecule has 108 valence electrons. The summed E-state index contributed by atoms with van der Waals surface area (Å²) in [5.41, 5.74) is 7.50. The zero-order chi connectivity index (χ0) is 14.7. The molecule has 3 rings (SSSR count). The predicted molar refractivity (Wildman–Crippen MR) is 83.3 cm³/mol. The number of oxime groups is 1. The predicted octanol–water partition coefficient (Wildman–Crippen LogP) is 2.19. The lowest BCUT2D eigenvalue weighted by Crippen LogP contribution is -2.30. The molecule has 2 heterocycles. The van der Waals surface area contributed by atoms with Crippen LogP contribution in [0.4, 0.5) is 5.69 Å². The van der Waals surface area contributed by atoms with Crippen LogP contribution in [0.5, 0.6) is 0 Å². The Morgan fingerprint density at radius 3 is 2.86 bits per heavy atom. The first-order valence-electron chi connectivity index (χ1n) is 6.64. The van der Waals surface area contributed by atoms with Gasteiger partial charge < -0.3 is 15.5 Å². The molecule has 6 heteroatoms. The number of para-hydroxylation sites is 1. The van der Waals surface area contributed by atoms with E-state index < -0.39 is 6.10 Å². The van der Waals surface area contributed by atoms with Gasteiger partial charge in [-0.1, -0.05) is 23.4 Å². The summed E-state index contributed by atoms with van der Waals surface area (Å²) in [5, 5.41) is 7.68. The Bertz CT molecular complexity index is 640. The summed E-state index contributed by atoms with van der Waals surface area (Å²) in [4.78, 5) is 19.3. The normalized spacial score (nSPS) is 19.0. The molecule has 1 saturated heterocycles. The molecule has 1 fully saturated rings. The number of nitrogens with zero attached hydrogens (tertiary/aromatic N) is 2. The molecular formula is C15H15N3O2S. The highest BCUT2D eigenvalue weighted by atomic mass is 32.1. The lowest BCUT2D eigenvalue weighted by molar-refractivity contribution is -0.127. The standard InChI is InChI=1S/C15H15N3O2S/c16-14(11-7-9-21-10-11)17-20-13-6-8-18(15(13)19)12-4-2-1-3-5-12/h1-5,7,9-10,13H,6,8H2,(H2,16,17)/t13-/m1/s1. The number of carbonyl (C=O) groups is 1. The van der Waals surface area contributed by atoms with Gasteiger partial charge in [0.25, 0.3) is 5.91 Å². The maximum Gasteiger partial charge on any atom is 0.270 e. The summed E-state index contributed by atoms with van der Waals surface area (Å²) in [7, 11) is 0. The van der Waals surface area contributed by atoms with E-state index in [1.165, 1.54) is 11.3 Å². The van der Waals surface area contributed by atoms with Gasteiger partial charge in [0.2, 0.25) is 6.10 Å². The van der Waals surface area contributed by atoms with Gasteiger partial charge in [-0.2, -0.15) is 11.3 Å². The smallest absolute Gasteiger partial charge is 0.270 e. The van der Waals surface area contributed by atoms with Crippen LogP contribution in [-0.2, 0) is 9.63 Å². The molecule has 2 aromatic rings. The molecule has 1 atom stereocenters. The van der Waals surface area contributed by atoms with Crippen LogP contribution in [0.15, 0.2) is 52.3 Å². The highest BCUT2D eigenvalue weighted by Crippen LogP contribution is 2.22. The van der Waals surface area contributed by atoms with Crippen molar-refractivity contribution in [1.82, 2.24) is 0 Å². The highest BCUT2D eigenvalue weighted by Gasteiger charge is 2.34. The van der Waals surface area contributed by atoms with Crippen LogP contribution < -0.4 is 10.6 Å². The van der Waals surface area contributed by atoms with Gasteiger partial charge in [-0.05, 0) is 23.6 Å². The minimum Gasteiger partial charge on any atom is -0.381 e. The lowest BCUT2D eigenvalue weighted by atomic mass is 10.3. The van der Waals surface area contributed by atoms with E-state index in [-0.39, 0.29) is 5.91 Å². The molecule has 1 aromatic carbocycles. The molecule has 1 aliphatic rings. The molecular weight excluding hydrogens is 286 g/mol. The van der Waals surface area contributed by atoms with Crippen LogP contribution >= 0.6 is 11.3 Å². The molecule has 1 amide bonds. The van der Waals surface area contributed by atoms with Gasteiger partial charge in [0, 0.05) is 29.6 Å². The zero-order valence-electron chi connectivity index (χ0n) is 11.3. The topological polar surface area (TPSA) is 67.9 Å². The molecule has 0 aliphatic carbocycles. The number of nitrogens with two attached hydrogens (primary N) is 1. The number of amides is 1. The van der Waals surface area contributed by atoms with Crippen molar-refractivity contribution in [3.63, 3.8) is 0 Å². The molecule has 2 N–H and O–H groups in total. The van der Waals surface area contributed by atoms with Gasteiger partial charge in [0.05, 0.1) is 0 Å². The fraction of sp³-hybridized carbons (Fsp3) is 0.200. The Balaban J connectivity index is 1.66. The second-order valence-electron chi connectivity index (χ2n) is 4.70. The van der Waals surface area contributed by atoms with Crippen LogP contribution in [0.25, 0.3) is 0 Å². The van der Waals surface area contributed by atoms with E-state index in [1.54, 1.807) is 4.90 Å². The number of thiophene rings is 1. The molecule has 21 heavy (non-hydrogen) atoms. The number of benzene rings is 1. The van der Waals surface area contributed by atoms with E-state index in [2.05, 4.69) is 5.16 Å². The second kappa shape index (κ2) is 5.97. The van der Waals surface area contributed by atoms with E-state index in [0.29, 0.717) is 18.8 Å². The van der Waals surface area contributed by atoms with Gasteiger partial charge in [0.1, 0.15) is 0 Å². The number of anilines is 1. The lowest BCUT2D eigenvalue weighted by Gasteiger charge is -2.15. The molecule has 5 nitrogen and oxygen atoms in total. The highest BCUT2D eigenvalue weighted by molar-refractivity contribution is 7.08. The zero-order valence-corrected chi connectivity index (χ0v) is 12.1. The minimum atomic E-state index is -0.567. The largest absolute Gasteiger partial charge is 0.381 e. The molecule has 0 saturated carbocycles. The van der Waals surface area contributed by atoms with Crippen molar-refractivity contribution in [2.75, 3.05) is 11.4 Å². The minimum absolute atomic E-state index is 0.0805. The first-order valence-corrected chi connectivity index (χ1v) is 7.58. The summed E-state index contributed by atoms with van der Waals surface area (Å²) in [5.74, 6) is 0.213. The van der Waals surface area contributed by atoms with Crippen LogP contribution in [0.3, 0.4) is 0 Å². The Hall–Kier alpha value is -2.34. The van der Waals surface area contributed by atoms with Gasteiger partial charge in [-0.3, -0.25) is 4.79 Å². The van der Waals surface area contributed by atoms with Crippen molar-refractivity contribution in [1.29, 1.82) is 0 Å².